The SMILES string of the molecule is COc1ccc(N(CCC(=O)NCCc2ccccc2)C(C)=O)c(OC)c1. The second kappa shape index (κ2) is 10.2. The first-order valence-corrected chi connectivity index (χ1v) is 8.86. The average molecular weight is 370 g/mol. The minimum atomic E-state index is -0.157. The van der Waals surface area contributed by atoms with Crippen molar-refractivity contribution in [1.82, 2.24) is 5.32 Å². The van der Waals surface area contributed by atoms with E-state index in [1.54, 1.807) is 25.3 Å². The Balaban J connectivity index is 1.92. The maximum atomic E-state index is 12.1. The summed E-state index contributed by atoms with van der Waals surface area (Å²) >= 11 is 0. The predicted octanol–water partition coefficient (Wildman–Crippen LogP) is 2.81. The predicted molar refractivity (Wildman–Crippen MR) is 105 cm³/mol. The minimum absolute atomic E-state index is 0.0929. The molecule has 0 aliphatic carbocycles. The molecule has 0 spiro atoms. The normalized spacial score (nSPS) is 10.2. The number of ether oxygens (including phenoxy) is 2. The number of methoxy groups -OCH3 is 2. The fourth-order valence-electron chi connectivity index (χ4n) is 2.75. The van der Waals surface area contributed by atoms with Gasteiger partial charge in [0.25, 0.3) is 0 Å². The summed E-state index contributed by atoms with van der Waals surface area (Å²) in [5, 5.41) is 2.90. The van der Waals surface area contributed by atoms with Crippen molar-refractivity contribution < 1.29 is 19.1 Å². The van der Waals surface area contributed by atoms with Gasteiger partial charge < -0.3 is 19.7 Å². The van der Waals surface area contributed by atoms with E-state index < -0.39 is 0 Å². The Labute approximate surface area is 160 Å². The first kappa shape index (κ1) is 20.3. The van der Waals surface area contributed by atoms with Gasteiger partial charge in [-0.25, -0.2) is 0 Å². The molecule has 6 heteroatoms. The number of amides is 2. The molecule has 0 aliphatic heterocycles. The lowest BCUT2D eigenvalue weighted by atomic mass is 10.1. The van der Waals surface area contributed by atoms with Gasteiger partial charge in [0, 0.05) is 32.5 Å². The van der Waals surface area contributed by atoms with E-state index in [1.165, 1.54) is 24.5 Å². The lowest BCUT2D eigenvalue weighted by Gasteiger charge is -2.23. The van der Waals surface area contributed by atoms with E-state index in [0.29, 0.717) is 23.7 Å². The first-order chi connectivity index (χ1) is 13.0. The molecule has 0 radical (unpaired) electrons. The van der Waals surface area contributed by atoms with E-state index in [4.69, 9.17) is 9.47 Å². The van der Waals surface area contributed by atoms with Crippen LogP contribution in [0.1, 0.15) is 18.9 Å². The second-order valence-corrected chi connectivity index (χ2v) is 6.04. The van der Waals surface area contributed by atoms with E-state index in [-0.39, 0.29) is 24.8 Å². The van der Waals surface area contributed by atoms with Crippen LogP contribution in [-0.4, -0.2) is 39.1 Å². The van der Waals surface area contributed by atoms with Gasteiger partial charge in [-0.3, -0.25) is 9.59 Å². The monoisotopic (exact) mass is 370 g/mol. The maximum Gasteiger partial charge on any atom is 0.223 e. The molecular formula is C21H26N2O4. The van der Waals surface area contributed by atoms with E-state index in [1.807, 2.05) is 30.3 Å². The molecule has 0 fully saturated rings. The van der Waals surface area contributed by atoms with Crippen LogP contribution in [0, 0.1) is 0 Å². The van der Waals surface area contributed by atoms with Gasteiger partial charge in [0.15, 0.2) is 0 Å². The summed E-state index contributed by atoms with van der Waals surface area (Å²) in [4.78, 5) is 25.8. The zero-order valence-electron chi connectivity index (χ0n) is 16.0. The van der Waals surface area contributed by atoms with Crippen molar-refractivity contribution in [3.63, 3.8) is 0 Å². The van der Waals surface area contributed by atoms with Crippen LogP contribution in [0.15, 0.2) is 48.5 Å². The smallest absolute Gasteiger partial charge is 0.223 e. The highest BCUT2D eigenvalue weighted by molar-refractivity contribution is 5.94. The molecule has 0 aromatic heterocycles. The molecule has 2 aromatic carbocycles. The van der Waals surface area contributed by atoms with Crippen molar-refractivity contribution in [3.8, 4) is 11.5 Å². The molecule has 2 rings (SSSR count). The van der Waals surface area contributed by atoms with Crippen LogP contribution in [0.4, 0.5) is 5.69 Å². The third-order valence-corrected chi connectivity index (χ3v) is 4.20. The molecule has 27 heavy (non-hydrogen) atoms. The number of nitrogens with one attached hydrogen (secondary N) is 1. The largest absolute Gasteiger partial charge is 0.497 e. The van der Waals surface area contributed by atoms with Gasteiger partial charge in [-0.1, -0.05) is 30.3 Å². The number of nitrogens with zero attached hydrogens (tertiary/aromatic N) is 1. The van der Waals surface area contributed by atoms with Gasteiger partial charge in [0.05, 0.1) is 19.9 Å². The maximum absolute atomic E-state index is 12.1. The van der Waals surface area contributed by atoms with Crippen LogP contribution in [0.5, 0.6) is 11.5 Å². The Morgan fingerprint density at radius 2 is 1.78 bits per heavy atom. The van der Waals surface area contributed by atoms with Crippen LogP contribution in [-0.2, 0) is 16.0 Å². The Bertz CT molecular complexity index is 762. The fraction of sp³-hybridized carbons (Fsp3) is 0.333. The molecule has 0 heterocycles. The summed E-state index contributed by atoms with van der Waals surface area (Å²) in [6.07, 6.45) is 0.985. The number of carbonyl (C=O) groups excluding carboxylic acids is 2. The Kier molecular flexibility index (Phi) is 7.67. The lowest BCUT2D eigenvalue weighted by molar-refractivity contribution is -0.121. The van der Waals surface area contributed by atoms with E-state index in [0.717, 1.165) is 6.42 Å². The topological polar surface area (TPSA) is 67.9 Å². The van der Waals surface area contributed by atoms with Crippen LogP contribution in [0.25, 0.3) is 0 Å². The Morgan fingerprint density at radius 1 is 1.04 bits per heavy atom. The van der Waals surface area contributed by atoms with E-state index in [9.17, 15) is 9.59 Å². The highest BCUT2D eigenvalue weighted by Gasteiger charge is 2.18. The number of anilines is 1. The number of carbonyl (C=O) groups is 2. The molecule has 0 aliphatic rings. The summed E-state index contributed by atoms with van der Waals surface area (Å²) in [6, 6.07) is 15.2. The van der Waals surface area contributed by atoms with Crippen molar-refractivity contribution in [1.29, 1.82) is 0 Å². The van der Waals surface area contributed by atoms with Crippen LogP contribution in [0.3, 0.4) is 0 Å². The molecule has 6 nitrogen and oxygen atoms in total. The van der Waals surface area contributed by atoms with Gasteiger partial charge in [-0.2, -0.15) is 0 Å². The van der Waals surface area contributed by atoms with Gasteiger partial charge in [0.2, 0.25) is 11.8 Å². The van der Waals surface area contributed by atoms with Crippen molar-refractivity contribution in [2.45, 2.75) is 19.8 Å². The van der Waals surface area contributed by atoms with Crippen molar-refractivity contribution in [2.75, 3.05) is 32.2 Å². The Morgan fingerprint density at radius 3 is 2.41 bits per heavy atom. The molecular weight excluding hydrogens is 344 g/mol. The lowest BCUT2D eigenvalue weighted by Crippen LogP contribution is -2.34. The highest BCUT2D eigenvalue weighted by Crippen LogP contribution is 2.32. The number of benzene rings is 2. The highest BCUT2D eigenvalue weighted by atomic mass is 16.5. The van der Waals surface area contributed by atoms with Gasteiger partial charge in [0.1, 0.15) is 11.5 Å². The van der Waals surface area contributed by atoms with Crippen LogP contribution < -0.4 is 19.7 Å². The number of hydrogen-bond donors (Lipinski definition) is 1. The Hall–Kier alpha value is -3.02. The van der Waals surface area contributed by atoms with Gasteiger partial charge in [-0.05, 0) is 24.1 Å². The average Bonchev–Trinajstić information content (AvgIpc) is 2.68. The molecule has 0 atom stereocenters. The minimum Gasteiger partial charge on any atom is -0.497 e. The summed E-state index contributed by atoms with van der Waals surface area (Å²) in [5.74, 6) is 0.909. The van der Waals surface area contributed by atoms with Gasteiger partial charge >= 0.3 is 0 Å². The van der Waals surface area contributed by atoms with Gasteiger partial charge in [-0.15, -0.1) is 0 Å². The van der Waals surface area contributed by atoms with Crippen molar-refractivity contribution in [2.24, 2.45) is 0 Å². The number of rotatable bonds is 9. The molecule has 144 valence electrons. The van der Waals surface area contributed by atoms with Crippen molar-refractivity contribution in [3.05, 3.63) is 54.1 Å². The number of hydrogen-bond acceptors (Lipinski definition) is 4. The molecule has 1 N–H and O–H groups in total. The quantitative estimate of drug-likeness (QED) is 0.737. The molecule has 0 saturated carbocycles. The molecule has 2 amide bonds. The zero-order chi connectivity index (χ0) is 19.6. The van der Waals surface area contributed by atoms with E-state index in [2.05, 4.69) is 5.32 Å². The summed E-state index contributed by atoms with van der Waals surface area (Å²) in [6.45, 7) is 2.31. The fourth-order valence-corrected chi connectivity index (χ4v) is 2.75. The second-order valence-electron chi connectivity index (χ2n) is 6.04. The molecule has 0 saturated heterocycles. The standard InChI is InChI=1S/C21H26N2O4/c1-16(24)23(19-10-9-18(26-2)15-20(19)27-3)14-12-21(25)22-13-11-17-7-5-4-6-8-17/h4-10,15H,11-14H2,1-3H3,(H,22,25). The van der Waals surface area contributed by atoms with Crippen LogP contribution >= 0.6 is 0 Å². The zero-order valence-corrected chi connectivity index (χ0v) is 16.0. The molecule has 0 unspecified atom stereocenters. The summed E-state index contributed by atoms with van der Waals surface area (Å²) in [7, 11) is 3.10. The van der Waals surface area contributed by atoms with E-state index >= 15 is 0 Å². The summed E-state index contributed by atoms with van der Waals surface area (Å²) < 4.78 is 10.5. The molecule has 2 aromatic rings. The third kappa shape index (κ3) is 6.02. The van der Waals surface area contributed by atoms with Crippen molar-refractivity contribution >= 4 is 17.5 Å². The van der Waals surface area contributed by atoms with Crippen LogP contribution in [0.2, 0.25) is 0 Å². The summed E-state index contributed by atoms with van der Waals surface area (Å²) in [5.41, 5.74) is 1.79. The molecule has 0 bridgehead atoms. The third-order valence-electron chi connectivity index (χ3n) is 4.20. The first-order valence-electron chi connectivity index (χ1n) is 8.86.